The number of phenols is 1. The van der Waals surface area contributed by atoms with Crippen LogP contribution in [0.25, 0.3) is 5.57 Å². The summed E-state index contributed by atoms with van der Waals surface area (Å²) in [6.07, 6.45) is 4.63. The molecule has 30 heavy (non-hydrogen) atoms. The molecule has 0 unspecified atom stereocenters. The van der Waals surface area contributed by atoms with E-state index in [1.807, 2.05) is 0 Å². The molecule has 0 aromatic heterocycles. The zero-order valence-electron chi connectivity index (χ0n) is 16.7. The Morgan fingerprint density at radius 3 is 2.33 bits per heavy atom. The summed E-state index contributed by atoms with van der Waals surface area (Å²) < 4.78 is 11.0. The Morgan fingerprint density at radius 2 is 1.67 bits per heavy atom. The third kappa shape index (κ3) is 4.27. The quantitative estimate of drug-likeness (QED) is 0.710. The zero-order valence-corrected chi connectivity index (χ0v) is 16.7. The first-order valence-electron chi connectivity index (χ1n) is 9.56. The SMILES string of the molecule is CCOC1=CC(=C(c2ccc(O)c(OCC)c2)c2ccccc2C(=O)O)C=CC1=O. The largest absolute Gasteiger partial charge is 0.504 e. The molecule has 0 aliphatic heterocycles. The van der Waals surface area contributed by atoms with E-state index >= 15 is 0 Å². The van der Waals surface area contributed by atoms with Gasteiger partial charge in [-0.2, -0.15) is 0 Å². The summed E-state index contributed by atoms with van der Waals surface area (Å²) in [6.45, 7) is 4.27. The Balaban J connectivity index is 2.32. The van der Waals surface area contributed by atoms with Crippen molar-refractivity contribution in [2.45, 2.75) is 13.8 Å². The van der Waals surface area contributed by atoms with Gasteiger partial charge in [0, 0.05) is 0 Å². The normalized spacial score (nSPS) is 14.9. The Hall–Kier alpha value is -3.80. The summed E-state index contributed by atoms with van der Waals surface area (Å²) in [5, 5.41) is 19.8. The molecular weight excluding hydrogens is 384 g/mol. The van der Waals surface area contributed by atoms with Crippen molar-refractivity contribution in [1.29, 1.82) is 0 Å². The van der Waals surface area contributed by atoms with Gasteiger partial charge in [0.25, 0.3) is 0 Å². The summed E-state index contributed by atoms with van der Waals surface area (Å²) in [6, 6.07) is 11.4. The van der Waals surface area contributed by atoms with Crippen molar-refractivity contribution >= 4 is 17.3 Å². The first kappa shape index (κ1) is 20.9. The number of rotatable bonds is 7. The van der Waals surface area contributed by atoms with Crippen molar-refractivity contribution in [3.05, 3.63) is 88.7 Å². The summed E-state index contributed by atoms with van der Waals surface area (Å²) >= 11 is 0. The number of carbonyl (C=O) groups is 2. The second-order valence-electron chi connectivity index (χ2n) is 6.44. The van der Waals surface area contributed by atoms with Crippen molar-refractivity contribution in [2.24, 2.45) is 0 Å². The predicted molar refractivity (Wildman–Crippen MR) is 113 cm³/mol. The Kier molecular flexibility index (Phi) is 6.37. The number of carbonyl (C=O) groups excluding carboxylic acids is 1. The lowest BCUT2D eigenvalue weighted by atomic mass is 9.88. The number of ether oxygens (including phenoxy) is 2. The van der Waals surface area contributed by atoms with Crippen LogP contribution in [0.4, 0.5) is 0 Å². The number of benzene rings is 2. The molecule has 2 aromatic carbocycles. The second kappa shape index (κ2) is 9.13. The minimum Gasteiger partial charge on any atom is -0.504 e. The lowest BCUT2D eigenvalue weighted by Gasteiger charge is -2.18. The van der Waals surface area contributed by atoms with Crippen LogP contribution in [0.2, 0.25) is 0 Å². The minimum atomic E-state index is -1.07. The van der Waals surface area contributed by atoms with Crippen molar-refractivity contribution in [3.8, 4) is 11.5 Å². The number of ketones is 1. The number of hydrogen-bond donors (Lipinski definition) is 2. The number of allylic oxidation sites excluding steroid dienone is 4. The van der Waals surface area contributed by atoms with Crippen LogP contribution in [0, 0.1) is 0 Å². The average molecular weight is 406 g/mol. The van der Waals surface area contributed by atoms with Crippen LogP contribution in [0.5, 0.6) is 11.5 Å². The lowest BCUT2D eigenvalue weighted by molar-refractivity contribution is -0.114. The van der Waals surface area contributed by atoms with E-state index in [-0.39, 0.29) is 28.6 Å². The van der Waals surface area contributed by atoms with Crippen LogP contribution < -0.4 is 4.74 Å². The van der Waals surface area contributed by atoms with Crippen molar-refractivity contribution in [3.63, 3.8) is 0 Å². The molecule has 0 bridgehead atoms. The molecule has 3 rings (SSSR count). The monoisotopic (exact) mass is 406 g/mol. The van der Waals surface area contributed by atoms with Gasteiger partial charge in [0.05, 0.1) is 18.8 Å². The first-order valence-corrected chi connectivity index (χ1v) is 9.56. The zero-order chi connectivity index (χ0) is 21.7. The van der Waals surface area contributed by atoms with Gasteiger partial charge < -0.3 is 19.7 Å². The van der Waals surface area contributed by atoms with Crippen molar-refractivity contribution in [2.75, 3.05) is 13.2 Å². The Morgan fingerprint density at radius 1 is 0.967 bits per heavy atom. The molecule has 2 aromatic rings. The number of hydrogen-bond acceptors (Lipinski definition) is 5. The second-order valence-corrected chi connectivity index (χ2v) is 6.44. The molecule has 0 saturated carbocycles. The molecule has 154 valence electrons. The third-order valence-corrected chi connectivity index (χ3v) is 4.51. The highest BCUT2D eigenvalue weighted by Gasteiger charge is 2.21. The summed E-state index contributed by atoms with van der Waals surface area (Å²) in [5.41, 5.74) is 2.41. The van der Waals surface area contributed by atoms with Crippen LogP contribution in [0.1, 0.15) is 35.3 Å². The smallest absolute Gasteiger partial charge is 0.336 e. The Labute approximate surface area is 174 Å². The van der Waals surface area contributed by atoms with E-state index in [2.05, 4.69) is 0 Å². The highest BCUT2D eigenvalue weighted by molar-refractivity contribution is 6.06. The molecule has 0 spiro atoms. The highest BCUT2D eigenvalue weighted by atomic mass is 16.5. The molecule has 2 N–H and O–H groups in total. The third-order valence-electron chi connectivity index (χ3n) is 4.51. The van der Waals surface area contributed by atoms with Crippen LogP contribution in [-0.2, 0) is 9.53 Å². The molecule has 0 radical (unpaired) electrons. The van der Waals surface area contributed by atoms with Gasteiger partial charge in [-0.15, -0.1) is 0 Å². The molecular formula is C24H22O6. The number of aromatic carboxylic acids is 1. The van der Waals surface area contributed by atoms with E-state index in [0.29, 0.717) is 35.5 Å². The summed E-state index contributed by atoms with van der Waals surface area (Å²) in [7, 11) is 0. The van der Waals surface area contributed by atoms with E-state index in [4.69, 9.17) is 9.47 Å². The highest BCUT2D eigenvalue weighted by Crippen LogP contribution is 2.37. The molecule has 0 amide bonds. The summed E-state index contributed by atoms with van der Waals surface area (Å²) in [4.78, 5) is 24.0. The fourth-order valence-electron chi connectivity index (χ4n) is 3.24. The molecule has 6 heteroatoms. The number of carboxylic acid groups (broad SMARTS) is 1. The molecule has 0 saturated heterocycles. The maximum absolute atomic E-state index is 12.1. The van der Waals surface area contributed by atoms with E-state index in [0.717, 1.165) is 0 Å². The van der Waals surface area contributed by atoms with Gasteiger partial charge in [-0.25, -0.2) is 4.79 Å². The number of carboxylic acids is 1. The fourth-order valence-corrected chi connectivity index (χ4v) is 3.24. The molecule has 0 fully saturated rings. The van der Waals surface area contributed by atoms with Gasteiger partial charge in [-0.1, -0.05) is 30.3 Å². The van der Waals surface area contributed by atoms with Gasteiger partial charge >= 0.3 is 5.97 Å². The van der Waals surface area contributed by atoms with Crippen LogP contribution in [0.15, 0.2) is 72.0 Å². The molecule has 6 nitrogen and oxygen atoms in total. The van der Waals surface area contributed by atoms with Gasteiger partial charge in [0.15, 0.2) is 17.3 Å². The van der Waals surface area contributed by atoms with E-state index < -0.39 is 5.97 Å². The lowest BCUT2D eigenvalue weighted by Crippen LogP contribution is -2.09. The van der Waals surface area contributed by atoms with Gasteiger partial charge in [0.2, 0.25) is 5.78 Å². The first-order chi connectivity index (χ1) is 14.5. The van der Waals surface area contributed by atoms with Gasteiger partial charge in [-0.05, 0) is 66.5 Å². The maximum atomic E-state index is 12.1. The van der Waals surface area contributed by atoms with Crippen LogP contribution >= 0.6 is 0 Å². The van der Waals surface area contributed by atoms with Crippen LogP contribution in [-0.4, -0.2) is 35.2 Å². The standard InChI is InChI=1S/C24H22O6/c1-3-29-21-13-15(9-11-19(21)25)23(17-7-5-6-8-18(17)24(27)28)16-10-12-20(26)22(14-16)30-4-2/h5-14,25H,3-4H2,1-2H3,(H,27,28). The minimum absolute atomic E-state index is 0.0172. The Bertz CT molecular complexity index is 1070. The number of phenolic OH excluding ortho intramolecular Hbond substituents is 1. The fraction of sp³-hybridized carbons (Fsp3) is 0.167. The topological polar surface area (TPSA) is 93.1 Å². The van der Waals surface area contributed by atoms with Crippen LogP contribution in [0.3, 0.4) is 0 Å². The molecule has 1 aliphatic rings. The maximum Gasteiger partial charge on any atom is 0.336 e. The van der Waals surface area contributed by atoms with Gasteiger partial charge in [-0.3, -0.25) is 4.79 Å². The predicted octanol–water partition coefficient (Wildman–Crippen LogP) is 4.35. The summed E-state index contributed by atoms with van der Waals surface area (Å²) in [5.74, 6) is -0.879. The van der Waals surface area contributed by atoms with E-state index in [1.165, 1.54) is 18.2 Å². The average Bonchev–Trinajstić information content (AvgIpc) is 2.73. The van der Waals surface area contributed by atoms with Crippen molar-refractivity contribution in [1.82, 2.24) is 0 Å². The molecule has 0 heterocycles. The number of aromatic hydroxyl groups is 1. The van der Waals surface area contributed by atoms with Crippen molar-refractivity contribution < 1.29 is 29.3 Å². The van der Waals surface area contributed by atoms with E-state index in [1.54, 1.807) is 56.3 Å². The van der Waals surface area contributed by atoms with Gasteiger partial charge in [0.1, 0.15) is 0 Å². The van der Waals surface area contributed by atoms with E-state index in [9.17, 15) is 19.8 Å². The molecule has 0 atom stereocenters. The molecule has 1 aliphatic carbocycles.